The van der Waals surface area contributed by atoms with Crippen LogP contribution in [0.4, 0.5) is 0 Å². The largest absolute Gasteiger partial charge is 0.394 e. The summed E-state index contributed by atoms with van der Waals surface area (Å²) < 4.78 is 11.1. The van der Waals surface area contributed by atoms with Crippen LogP contribution in [-0.2, 0) is 14.3 Å². The molecule has 1 heterocycles. The summed E-state index contributed by atoms with van der Waals surface area (Å²) in [6, 6.07) is -0.803. The maximum Gasteiger partial charge on any atom is 0.220 e. The summed E-state index contributed by atoms with van der Waals surface area (Å²) in [7, 11) is 0. The minimum Gasteiger partial charge on any atom is -0.394 e. The molecule has 7 atom stereocenters. The van der Waals surface area contributed by atoms with Gasteiger partial charge in [-0.2, -0.15) is 0 Å². The molecule has 1 amide bonds. The van der Waals surface area contributed by atoms with E-state index < -0.39 is 49.5 Å². The van der Waals surface area contributed by atoms with E-state index in [1.165, 1.54) is 77.0 Å². The van der Waals surface area contributed by atoms with Crippen LogP contribution in [-0.4, -0.2) is 87.5 Å². The minimum absolute atomic E-state index is 0.190. The molecule has 1 fully saturated rings. The van der Waals surface area contributed by atoms with Gasteiger partial charge in [0, 0.05) is 6.42 Å². The molecule has 0 spiro atoms. The lowest BCUT2D eigenvalue weighted by Gasteiger charge is -2.40. The van der Waals surface area contributed by atoms with Crippen LogP contribution >= 0.6 is 0 Å². The van der Waals surface area contributed by atoms with Gasteiger partial charge in [0.25, 0.3) is 0 Å². The van der Waals surface area contributed by atoms with Crippen molar-refractivity contribution in [3.8, 4) is 0 Å². The number of carbonyl (C=O) groups excluding carboxylic acids is 1. The van der Waals surface area contributed by atoms with Crippen LogP contribution in [0.15, 0.2) is 24.3 Å². The average Bonchev–Trinajstić information content (AvgIpc) is 3.07. The van der Waals surface area contributed by atoms with Crippen LogP contribution in [0.25, 0.3) is 0 Å². The number of allylic oxidation sites excluding steroid dienone is 3. The maximum atomic E-state index is 12.8. The van der Waals surface area contributed by atoms with Gasteiger partial charge >= 0.3 is 0 Å². The number of nitrogens with one attached hydrogen (secondary N) is 1. The van der Waals surface area contributed by atoms with Crippen molar-refractivity contribution in [1.82, 2.24) is 5.32 Å². The zero-order chi connectivity index (χ0) is 34.5. The molecule has 9 heteroatoms. The molecule has 7 unspecified atom stereocenters. The molecule has 1 saturated heterocycles. The second-order valence-electron chi connectivity index (χ2n) is 13.4. The number of unbranched alkanes of at least 4 members (excludes halogenated alkanes) is 18. The van der Waals surface area contributed by atoms with Crippen LogP contribution in [0.2, 0.25) is 0 Å². The van der Waals surface area contributed by atoms with E-state index >= 15 is 0 Å². The predicted molar refractivity (Wildman–Crippen MR) is 189 cm³/mol. The molecule has 9 nitrogen and oxygen atoms in total. The highest BCUT2D eigenvalue weighted by Crippen LogP contribution is 2.22. The zero-order valence-electron chi connectivity index (χ0n) is 29.8. The first-order chi connectivity index (χ1) is 22.8. The lowest BCUT2D eigenvalue weighted by atomic mass is 9.99. The van der Waals surface area contributed by atoms with Crippen LogP contribution in [0.5, 0.6) is 0 Å². The van der Waals surface area contributed by atoms with Crippen LogP contribution in [0, 0.1) is 0 Å². The summed E-state index contributed by atoms with van der Waals surface area (Å²) in [5.74, 6) is -0.190. The number of hydrogen-bond donors (Lipinski definition) is 6. The summed E-state index contributed by atoms with van der Waals surface area (Å²) >= 11 is 0. The minimum atomic E-state index is -1.56. The van der Waals surface area contributed by atoms with Gasteiger partial charge in [0.1, 0.15) is 24.4 Å². The zero-order valence-corrected chi connectivity index (χ0v) is 29.8. The van der Waals surface area contributed by atoms with Gasteiger partial charge in [-0.1, -0.05) is 128 Å². The Morgan fingerprint density at radius 1 is 0.702 bits per heavy atom. The highest BCUT2D eigenvalue weighted by atomic mass is 16.7. The lowest BCUT2D eigenvalue weighted by Crippen LogP contribution is -2.60. The van der Waals surface area contributed by atoms with Crippen molar-refractivity contribution in [1.29, 1.82) is 0 Å². The fourth-order valence-electron chi connectivity index (χ4n) is 5.85. The van der Waals surface area contributed by atoms with Crippen LogP contribution in [0.3, 0.4) is 0 Å². The summed E-state index contributed by atoms with van der Waals surface area (Å²) in [6.45, 7) is 3.70. The Morgan fingerprint density at radius 3 is 1.77 bits per heavy atom. The lowest BCUT2D eigenvalue weighted by molar-refractivity contribution is -0.302. The highest BCUT2D eigenvalue weighted by molar-refractivity contribution is 5.76. The molecule has 0 aliphatic carbocycles. The normalized spacial score (nSPS) is 23.1. The molecule has 6 N–H and O–H groups in total. The molecule has 1 aliphatic heterocycles. The summed E-state index contributed by atoms with van der Waals surface area (Å²) in [6.07, 6.45) is 25.0. The Labute approximate surface area is 286 Å². The van der Waals surface area contributed by atoms with Gasteiger partial charge in [-0.25, -0.2) is 0 Å². The number of carbonyl (C=O) groups is 1. The Kier molecular flexibility index (Phi) is 27.5. The number of amides is 1. The summed E-state index contributed by atoms with van der Waals surface area (Å²) in [5.41, 5.74) is 0. The van der Waals surface area contributed by atoms with E-state index in [0.29, 0.717) is 6.42 Å². The van der Waals surface area contributed by atoms with Gasteiger partial charge in [-0.05, 0) is 44.9 Å². The van der Waals surface area contributed by atoms with E-state index in [1.807, 2.05) is 6.08 Å². The monoisotopic (exact) mass is 670 g/mol. The van der Waals surface area contributed by atoms with Crippen molar-refractivity contribution in [2.45, 2.75) is 198 Å². The first-order valence-corrected chi connectivity index (χ1v) is 19.1. The molecule has 47 heavy (non-hydrogen) atoms. The molecule has 0 bridgehead atoms. The summed E-state index contributed by atoms with van der Waals surface area (Å²) in [5, 5.41) is 53.8. The second kappa shape index (κ2) is 29.6. The van der Waals surface area contributed by atoms with Crippen molar-refractivity contribution in [3.05, 3.63) is 24.3 Å². The molecular weight excluding hydrogens is 598 g/mol. The Hall–Kier alpha value is -1.33. The maximum absolute atomic E-state index is 12.8. The molecule has 0 aromatic carbocycles. The third kappa shape index (κ3) is 21.4. The fraction of sp³-hybridized carbons (Fsp3) is 0.868. The van der Waals surface area contributed by atoms with Gasteiger partial charge in [0.2, 0.25) is 5.91 Å². The third-order valence-electron chi connectivity index (χ3n) is 9.02. The van der Waals surface area contributed by atoms with E-state index in [2.05, 4.69) is 31.3 Å². The van der Waals surface area contributed by atoms with E-state index in [9.17, 15) is 30.3 Å². The van der Waals surface area contributed by atoms with Crippen molar-refractivity contribution in [2.75, 3.05) is 13.2 Å². The quantitative estimate of drug-likeness (QED) is 0.0381. The average molecular weight is 670 g/mol. The fourth-order valence-corrected chi connectivity index (χ4v) is 5.85. The van der Waals surface area contributed by atoms with Crippen molar-refractivity contribution in [3.63, 3.8) is 0 Å². The topological polar surface area (TPSA) is 149 Å². The SMILES string of the molecule is CCCCC/C=C\CCCCCCCC(=O)NC(COC1OC(CO)C(O)C(O)C1O)C(O)/C=C/CCCCCCCCCCCC. The molecule has 0 aromatic heterocycles. The number of hydrogen-bond acceptors (Lipinski definition) is 8. The molecule has 0 radical (unpaired) electrons. The smallest absolute Gasteiger partial charge is 0.220 e. The van der Waals surface area contributed by atoms with E-state index in [4.69, 9.17) is 9.47 Å². The van der Waals surface area contributed by atoms with Gasteiger partial charge in [-0.3, -0.25) is 4.79 Å². The van der Waals surface area contributed by atoms with E-state index in [1.54, 1.807) is 6.08 Å². The Morgan fingerprint density at radius 2 is 1.19 bits per heavy atom. The Balaban J connectivity index is 2.48. The highest BCUT2D eigenvalue weighted by Gasteiger charge is 2.44. The number of aliphatic hydroxyl groups is 5. The molecule has 0 aromatic rings. The van der Waals surface area contributed by atoms with Crippen LogP contribution in [0.1, 0.15) is 155 Å². The summed E-state index contributed by atoms with van der Waals surface area (Å²) in [4.78, 5) is 12.8. The van der Waals surface area contributed by atoms with Crippen molar-refractivity contribution < 1.29 is 39.8 Å². The van der Waals surface area contributed by atoms with Gasteiger partial charge < -0.3 is 40.3 Å². The third-order valence-corrected chi connectivity index (χ3v) is 9.02. The van der Waals surface area contributed by atoms with Crippen molar-refractivity contribution in [2.24, 2.45) is 0 Å². The Bertz CT molecular complexity index is 792. The molecule has 0 saturated carbocycles. The second-order valence-corrected chi connectivity index (χ2v) is 13.4. The first kappa shape index (κ1) is 43.7. The number of ether oxygens (including phenoxy) is 2. The molecule has 1 aliphatic rings. The van der Waals surface area contributed by atoms with E-state index in [0.717, 1.165) is 57.8 Å². The molecular formula is C38H71NO8. The van der Waals surface area contributed by atoms with Crippen molar-refractivity contribution >= 4 is 5.91 Å². The molecule has 276 valence electrons. The molecule has 1 rings (SSSR count). The van der Waals surface area contributed by atoms with Gasteiger partial charge in [-0.15, -0.1) is 0 Å². The standard InChI is InChI=1S/C38H71NO8/c1-3-5-7-9-11-13-15-17-19-21-23-25-27-32(41)31(30-46-38-37(45)36(44)35(43)33(29-40)47-38)39-34(42)28-26-24-22-20-18-16-14-12-10-8-6-4-2/h12,14,25,27,31-33,35-38,40-41,43-45H,3-11,13,15-24,26,28-30H2,1-2H3,(H,39,42)/b14-12-,27-25+. The van der Waals surface area contributed by atoms with Crippen LogP contribution < -0.4 is 5.32 Å². The van der Waals surface area contributed by atoms with Gasteiger partial charge in [0.15, 0.2) is 6.29 Å². The van der Waals surface area contributed by atoms with E-state index in [-0.39, 0.29) is 12.5 Å². The first-order valence-electron chi connectivity index (χ1n) is 19.1. The predicted octanol–water partition coefficient (Wildman–Crippen LogP) is 6.38. The number of rotatable bonds is 30. The number of aliphatic hydroxyl groups excluding tert-OH is 5. The van der Waals surface area contributed by atoms with Gasteiger partial charge in [0.05, 0.1) is 25.4 Å².